The van der Waals surface area contributed by atoms with E-state index < -0.39 is 5.97 Å². The van der Waals surface area contributed by atoms with Crippen LogP contribution in [0.15, 0.2) is 42.7 Å². The number of aromatic nitrogens is 2. The van der Waals surface area contributed by atoms with Gasteiger partial charge in [-0.15, -0.1) is 0 Å². The summed E-state index contributed by atoms with van der Waals surface area (Å²) in [5, 5.41) is 8.90. The Morgan fingerprint density at radius 1 is 1.15 bits per heavy atom. The molecule has 1 saturated heterocycles. The molecule has 1 fully saturated rings. The lowest BCUT2D eigenvalue weighted by molar-refractivity contribution is -0.136. The smallest absolute Gasteiger partial charge is 0.356 e. The summed E-state index contributed by atoms with van der Waals surface area (Å²) in [5.74, 6) is -0.219. The van der Waals surface area contributed by atoms with Crippen LogP contribution in [-0.4, -0.2) is 51.5 Å². The number of carbonyl (C=O) groups is 2. The summed E-state index contributed by atoms with van der Waals surface area (Å²) < 4.78 is 0. The number of hydrogen-bond acceptors (Lipinski definition) is 5. The van der Waals surface area contributed by atoms with Crippen molar-refractivity contribution < 1.29 is 14.7 Å². The monoisotopic (exact) mass is 368 g/mol. The van der Waals surface area contributed by atoms with E-state index in [4.69, 9.17) is 5.11 Å². The molecule has 0 radical (unpaired) electrons. The van der Waals surface area contributed by atoms with E-state index in [0.29, 0.717) is 32.0 Å². The summed E-state index contributed by atoms with van der Waals surface area (Å²) in [4.78, 5) is 35.9. The summed E-state index contributed by atoms with van der Waals surface area (Å²) >= 11 is 0. The Morgan fingerprint density at radius 3 is 2.41 bits per heavy atom. The van der Waals surface area contributed by atoms with Crippen LogP contribution in [0.5, 0.6) is 0 Å². The molecule has 0 saturated carbocycles. The van der Waals surface area contributed by atoms with E-state index >= 15 is 0 Å². The van der Waals surface area contributed by atoms with E-state index in [-0.39, 0.29) is 17.5 Å². The third-order valence-corrected chi connectivity index (χ3v) is 4.94. The zero-order valence-corrected chi connectivity index (χ0v) is 15.4. The molecule has 0 atom stereocenters. The van der Waals surface area contributed by atoms with E-state index in [1.807, 2.05) is 42.2 Å². The van der Waals surface area contributed by atoms with Crippen molar-refractivity contribution >= 4 is 17.7 Å². The van der Waals surface area contributed by atoms with Crippen molar-refractivity contribution in [2.24, 2.45) is 5.92 Å². The normalized spacial score (nSPS) is 14.8. The number of piperidine rings is 1. The largest absolute Gasteiger partial charge is 0.476 e. The highest BCUT2D eigenvalue weighted by atomic mass is 16.4. The van der Waals surface area contributed by atoms with E-state index in [0.717, 1.165) is 18.4 Å². The maximum Gasteiger partial charge on any atom is 0.356 e. The summed E-state index contributed by atoms with van der Waals surface area (Å²) in [6, 6.07) is 10.0. The molecule has 0 aliphatic carbocycles. The minimum absolute atomic E-state index is 0.0103. The zero-order chi connectivity index (χ0) is 19.2. The van der Waals surface area contributed by atoms with Crippen LogP contribution in [0.25, 0.3) is 0 Å². The molecule has 0 spiro atoms. The predicted octanol–water partition coefficient (Wildman–Crippen LogP) is 2.44. The van der Waals surface area contributed by atoms with Gasteiger partial charge in [-0.25, -0.2) is 14.8 Å². The topological polar surface area (TPSA) is 86.6 Å². The third-order valence-electron chi connectivity index (χ3n) is 4.94. The van der Waals surface area contributed by atoms with E-state index in [9.17, 15) is 9.59 Å². The molecule has 2 heterocycles. The van der Waals surface area contributed by atoms with Gasteiger partial charge in [-0.2, -0.15) is 0 Å². The first kappa shape index (κ1) is 18.8. The van der Waals surface area contributed by atoms with Crippen LogP contribution in [0.2, 0.25) is 0 Å². The Labute approximate surface area is 158 Å². The quantitative estimate of drug-likeness (QED) is 0.843. The molecule has 1 aromatic carbocycles. The molecule has 27 heavy (non-hydrogen) atoms. The molecule has 1 aliphatic rings. The van der Waals surface area contributed by atoms with Crippen LogP contribution >= 0.6 is 0 Å². The first-order valence-electron chi connectivity index (χ1n) is 9.21. The summed E-state index contributed by atoms with van der Waals surface area (Å²) in [7, 11) is 0. The van der Waals surface area contributed by atoms with Gasteiger partial charge >= 0.3 is 5.97 Å². The molecular formula is C20H24N4O3. The van der Waals surface area contributed by atoms with Crippen LogP contribution in [-0.2, 0) is 11.3 Å². The van der Waals surface area contributed by atoms with Crippen molar-refractivity contribution in [2.75, 3.05) is 24.5 Å². The van der Waals surface area contributed by atoms with E-state index in [1.165, 1.54) is 12.4 Å². The fraction of sp³-hybridized carbons (Fsp3) is 0.400. The van der Waals surface area contributed by atoms with Crippen molar-refractivity contribution in [1.29, 1.82) is 0 Å². The van der Waals surface area contributed by atoms with Crippen molar-refractivity contribution in [1.82, 2.24) is 14.9 Å². The molecule has 0 bridgehead atoms. The molecule has 1 aliphatic heterocycles. The summed E-state index contributed by atoms with van der Waals surface area (Å²) in [6.45, 7) is 4.75. The van der Waals surface area contributed by atoms with Crippen molar-refractivity contribution in [2.45, 2.75) is 26.3 Å². The van der Waals surface area contributed by atoms with Crippen LogP contribution < -0.4 is 4.90 Å². The lowest BCUT2D eigenvalue weighted by Crippen LogP contribution is -2.42. The van der Waals surface area contributed by atoms with E-state index in [1.54, 1.807) is 0 Å². The number of nitrogens with zero attached hydrogens (tertiary/aromatic N) is 4. The molecule has 2 aromatic rings. The van der Waals surface area contributed by atoms with Gasteiger partial charge in [0.2, 0.25) is 5.91 Å². The second-order valence-corrected chi connectivity index (χ2v) is 6.66. The van der Waals surface area contributed by atoms with Gasteiger partial charge in [-0.05, 0) is 25.3 Å². The number of carbonyl (C=O) groups excluding carboxylic acids is 1. The first-order valence-corrected chi connectivity index (χ1v) is 9.21. The number of hydrogen-bond donors (Lipinski definition) is 1. The number of carboxylic acid groups (broad SMARTS) is 1. The maximum absolute atomic E-state index is 12.9. The molecular weight excluding hydrogens is 344 g/mol. The zero-order valence-electron chi connectivity index (χ0n) is 15.4. The standard InChI is InChI=1S/C20H24N4O3/c1-2-23(14-15-6-4-3-5-7-15)19(25)16-8-10-24(11-9-16)18-13-21-17(12-22-18)20(26)27/h3-7,12-13,16H,2,8-11,14H2,1H3,(H,26,27). The maximum atomic E-state index is 12.9. The fourth-order valence-corrected chi connectivity index (χ4v) is 3.36. The number of carboxylic acids is 1. The highest BCUT2D eigenvalue weighted by Gasteiger charge is 2.28. The van der Waals surface area contributed by atoms with Gasteiger partial charge in [0.05, 0.1) is 12.4 Å². The average Bonchev–Trinajstić information content (AvgIpc) is 2.72. The van der Waals surface area contributed by atoms with Gasteiger partial charge in [-0.3, -0.25) is 4.79 Å². The van der Waals surface area contributed by atoms with Crippen LogP contribution in [0.1, 0.15) is 35.8 Å². The van der Waals surface area contributed by atoms with Gasteiger partial charge in [0.25, 0.3) is 0 Å². The van der Waals surface area contributed by atoms with Crippen LogP contribution in [0.3, 0.4) is 0 Å². The number of rotatable bonds is 6. The molecule has 1 N–H and O–H groups in total. The summed E-state index contributed by atoms with van der Waals surface area (Å²) in [6.07, 6.45) is 4.27. The Balaban J connectivity index is 1.57. The van der Waals surface area contributed by atoms with Crippen LogP contribution in [0.4, 0.5) is 5.82 Å². The predicted molar refractivity (Wildman–Crippen MR) is 101 cm³/mol. The second-order valence-electron chi connectivity index (χ2n) is 6.66. The number of aromatic carboxylic acids is 1. The molecule has 3 rings (SSSR count). The summed E-state index contributed by atoms with van der Waals surface area (Å²) in [5.41, 5.74) is 1.07. The Bertz CT molecular complexity index is 772. The first-order chi connectivity index (χ1) is 13.1. The second kappa shape index (κ2) is 8.62. The fourth-order valence-electron chi connectivity index (χ4n) is 3.36. The number of anilines is 1. The van der Waals surface area contributed by atoms with Crippen molar-refractivity contribution in [3.63, 3.8) is 0 Å². The molecule has 7 nitrogen and oxygen atoms in total. The van der Waals surface area contributed by atoms with Gasteiger partial charge in [0.15, 0.2) is 5.69 Å². The Kier molecular flexibility index (Phi) is 6.01. The lowest BCUT2D eigenvalue weighted by Gasteiger charge is -2.34. The highest BCUT2D eigenvalue weighted by molar-refractivity contribution is 5.85. The average molecular weight is 368 g/mol. The van der Waals surface area contributed by atoms with Gasteiger partial charge in [0.1, 0.15) is 5.82 Å². The molecule has 0 unspecified atom stereocenters. The van der Waals surface area contributed by atoms with Crippen LogP contribution in [0, 0.1) is 5.92 Å². The minimum atomic E-state index is -1.09. The van der Waals surface area contributed by atoms with Gasteiger partial charge in [0, 0.05) is 32.1 Å². The van der Waals surface area contributed by atoms with Crippen molar-refractivity contribution in [3.05, 3.63) is 54.0 Å². The SMILES string of the molecule is CCN(Cc1ccccc1)C(=O)C1CCN(c2cnc(C(=O)O)cn2)CC1. The highest BCUT2D eigenvalue weighted by Crippen LogP contribution is 2.23. The Hall–Kier alpha value is -2.96. The third kappa shape index (κ3) is 4.61. The number of benzene rings is 1. The van der Waals surface area contributed by atoms with Gasteiger partial charge in [-0.1, -0.05) is 30.3 Å². The van der Waals surface area contributed by atoms with Crippen molar-refractivity contribution in [3.8, 4) is 0 Å². The van der Waals surface area contributed by atoms with Gasteiger partial charge < -0.3 is 14.9 Å². The van der Waals surface area contributed by atoms with E-state index in [2.05, 4.69) is 14.9 Å². The lowest BCUT2D eigenvalue weighted by atomic mass is 9.95. The minimum Gasteiger partial charge on any atom is -0.476 e. The molecule has 7 heteroatoms. The number of amides is 1. The molecule has 1 amide bonds. The Morgan fingerprint density at radius 2 is 1.85 bits per heavy atom. The molecule has 1 aromatic heterocycles. The molecule has 142 valence electrons.